The maximum absolute atomic E-state index is 12.0. The summed E-state index contributed by atoms with van der Waals surface area (Å²) < 4.78 is 21.9. The van der Waals surface area contributed by atoms with E-state index in [1.54, 1.807) is 30.3 Å². The molecular formula is C20H20O6S. The van der Waals surface area contributed by atoms with Crippen LogP contribution in [-0.2, 0) is 15.6 Å². The molecule has 0 saturated heterocycles. The number of allylic oxidation sites excluding steroid dienone is 1. The molecule has 0 heterocycles. The van der Waals surface area contributed by atoms with E-state index in [9.17, 15) is 19.2 Å². The van der Waals surface area contributed by atoms with Crippen LogP contribution in [0.4, 0.5) is 0 Å². The lowest BCUT2D eigenvalue weighted by Crippen LogP contribution is -2.05. The quantitative estimate of drug-likeness (QED) is 0.675. The number of phenols is 2. The van der Waals surface area contributed by atoms with E-state index < -0.39 is 10.8 Å². The number of benzene rings is 2. The van der Waals surface area contributed by atoms with E-state index >= 15 is 0 Å². The van der Waals surface area contributed by atoms with Gasteiger partial charge in [-0.3, -0.25) is 9.00 Å². The topological polar surface area (TPSA) is 93.1 Å². The number of hydrogen-bond donors (Lipinski definition) is 2. The van der Waals surface area contributed by atoms with Gasteiger partial charge >= 0.3 is 0 Å². The number of aromatic hydroxyl groups is 2. The van der Waals surface area contributed by atoms with E-state index in [2.05, 4.69) is 0 Å². The van der Waals surface area contributed by atoms with Gasteiger partial charge in [-0.2, -0.15) is 0 Å². The summed E-state index contributed by atoms with van der Waals surface area (Å²) in [6.45, 7) is 0. The van der Waals surface area contributed by atoms with Crippen molar-refractivity contribution in [2.75, 3.05) is 20.0 Å². The Morgan fingerprint density at radius 2 is 1.48 bits per heavy atom. The summed E-state index contributed by atoms with van der Waals surface area (Å²) in [5.41, 5.74) is 1.26. The van der Waals surface area contributed by atoms with Crippen LogP contribution in [0.5, 0.6) is 23.0 Å². The van der Waals surface area contributed by atoms with Gasteiger partial charge in [0.1, 0.15) is 0 Å². The van der Waals surface area contributed by atoms with Gasteiger partial charge < -0.3 is 19.7 Å². The average molecular weight is 388 g/mol. The van der Waals surface area contributed by atoms with Crippen molar-refractivity contribution in [1.82, 2.24) is 0 Å². The molecule has 0 bridgehead atoms. The minimum Gasteiger partial charge on any atom is -0.504 e. The molecule has 0 saturated carbocycles. The first-order chi connectivity index (χ1) is 12.9. The first-order valence-corrected chi connectivity index (χ1v) is 9.31. The Hall–Kier alpha value is -3.06. The largest absolute Gasteiger partial charge is 0.504 e. The Morgan fingerprint density at radius 3 is 1.96 bits per heavy atom. The number of carbonyl (C=O) groups excluding carboxylic acids is 1. The molecule has 0 fully saturated rings. The Morgan fingerprint density at radius 1 is 0.963 bits per heavy atom. The van der Waals surface area contributed by atoms with E-state index in [4.69, 9.17) is 9.47 Å². The first kappa shape index (κ1) is 20.3. The lowest BCUT2D eigenvalue weighted by Gasteiger charge is -2.03. The number of carbonyl (C=O) groups is 1. The van der Waals surface area contributed by atoms with Gasteiger partial charge in [0.15, 0.2) is 28.8 Å². The van der Waals surface area contributed by atoms with Crippen LogP contribution in [0, 0.1) is 0 Å². The maximum atomic E-state index is 12.0. The summed E-state index contributed by atoms with van der Waals surface area (Å²) in [6.07, 6.45) is 4.41. The molecule has 0 aliphatic rings. The molecule has 2 aromatic carbocycles. The van der Waals surface area contributed by atoms with Crippen LogP contribution in [0.15, 0.2) is 47.9 Å². The number of methoxy groups -OCH3 is 2. The molecule has 0 aliphatic carbocycles. The van der Waals surface area contributed by atoms with Gasteiger partial charge in [-0.1, -0.05) is 18.2 Å². The second kappa shape index (κ2) is 9.59. The van der Waals surface area contributed by atoms with Crippen LogP contribution in [0.3, 0.4) is 0 Å². The van der Waals surface area contributed by atoms with Crippen LogP contribution < -0.4 is 9.47 Å². The SMILES string of the molecule is COc1ccc(/C=C\C(=O)CS(=O)/C=C/c2ccc(OC)c(O)c2)cc1O. The number of ketones is 1. The Bertz CT molecular complexity index is 828. The number of ether oxygens (including phenoxy) is 2. The van der Waals surface area contributed by atoms with Crippen molar-refractivity contribution in [3.05, 3.63) is 59.0 Å². The minimum absolute atomic E-state index is 0.0211. The number of hydrogen-bond acceptors (Lipinski definition) is 6. The van der Waals surface area contributed by atoms with Crippen LogP contribution in [0.1, 0.15) is 11.1 Å². The van der Waals surface area contributed by atoms with Crippen LogP contribution >= 0.6 is 0 Å². The van der Waals surface area contributed by atoms with Crippen LogP contribution in [0.25, 0.3) is 12.2 Å². The summed E-state index contributed by atoms with van der Waals surface area (Å²) in [7, 11) is 1.40. The molecule has 2 rings (SSSR count). The molecule has 27 heavy (non-hydrogen) atoms. The van der Waals surface area contributed by atoms with Gasteiger partial charge in [-0.15, -0.1) is 0 Å². The molecule has 7 heteroatoms. The highest BCUT2D eigenvalue weighted by Gasteiger charge is 2.05. The van der Waals surface area contributed by atoms with Gasteiger partial charge in [-0.25, -0.2) is 0 Å². The molecular weight excluding hydrogens is 368 g/mol. The molecule has 0 aromatic heterocycles. The fraction of sp³-hybridized carbons (Fsp3) is 0.150. The van der Waals surface area contributed by atoms with Crippen molar-refractivity contribution in [3.8, 4) is 23.0 Å². The molecule has 6 nitrogen and oxygen atoms in total. The Balaban J connectivity index is 1.94. The van der Waals surface area contributed by atoms with Gasteiger partial charge in [0.25, 0.3) is 0 Å². The summed E-state index contributed by atoms with van der Waals surface area (Å²) in [6, 6.07) is 9.51. The van der Waals surface area contributed by atoms with Gasteiger partial charge in [0.05, 0.1) is 30.8 Å². The van der Waals surface area contributed by atoms with Crippen LogP contribution in [-0.4, -0.2) is 40.2 Å². The van der Waals surface area contributed by atoms with E-state index in [0.717, 1.165) is 0 Å². The molecule has 1 unspecified atom stereocenters. The number of phenolic OH excluding ortho intramolecular Hbond substituents is 2. The maximum Gasteiger partial charge on any atom is 0.168 e. The lowest BCUT2D eigenvalue weighted by atomic mass is 10.2. The fourth-order valence-electron chi connectivity index (χ4n) is 2.20. The zero-order valence-corrected chi connectivity index (χ0v) is 15.7. The van der Waals surface area contributed by atoms with Gasteiger partial charge in [0.2, 0.25) is 0 Å². The molecule has 2 N–H and O–H groups in total. The second-order valence-corrected chi connectivity index (χ2v) is 6.81. The van der Waals surface area contributed by atoms with E-state index in [-0.39, 0.29) is 23.0 Å². The highest BCUT2D eigenvalue weighted by molar-refractivity contribution is 7.88. The summed E-state index contributed by atoms with van der Waals surface area (Å²) in [4.78, 5) is 11.9. The standard InChI is InChI=1S/C20H20O6S/c1-25-19-7-4-14(11-17(19)22)3-6-16(21)13-27(24)10-9-15-5-8-20(26-2)18(23)12-15/h3-12,22-23H,13H2,1-2H3/b6-3-,10-9+. The van der Waals surface area contributed by atoms with Crippen molar-refractivity contribution in [1.29, 1.82) is 0 Å². The lowest BCUT2D eigenvalue weighted by molar-refractivity contribution is -0.112. The second-order valence-electron chi connectivity index (χ2n) is 5.49. The third-order valence-electron chi connectivity index (χ3n) is 3.56. The average Bonchev–Trinajstić information content (AvgIpc) is 2.65. The summed E-state index contributed by atoms with van der Waals surface area (Å²) >= 11 is 0. The molecule has 0 radical (unpaired) electrons. The normalized spacial score (nSPS) is 12.4. The smallest absolute Gasteiger partial charge is 0.168 e. The third-order valence-corrected chi connectivity index (χ3v) is 4.57. The fourth-order valence-corrected chi connectivity index (χ4v) is 2.98. The predicted molar refractivity (Wildman–Crippen MR) is 105 cm³/mol. The van der Waals surface area contributed by atoms with Crippen LogP contribution in [0.2, 0.25) is 0 Å². The minimum atomic E-state index is -1.50. The molecule has 0 aliphatic heterocycles. The van der Waals surface area contributed by atoms with Crippen molar-refractivity contribution in [2.45, 2.75) is 0 Å². The van der Waals surface area contributed by atoms with E-state index in [1.807, 2.05) is 0 Å². The molecule has 142 valence electrons. The zero-order valence-electron chi connectivity index (χ0n) is 14.9. The first-order valence-electron chi connectivity index (χ1n) is 7.93. The summed E-state index contributed by atoms with van der Waals surface area (Å²) in [5.74, 6) is 0.156. The highest BCUT2D eigenvalue weighted by Crippen LogP contribution is 2.27. The Labute approximate surface area is 159 Å². The monoisotopic (exact) mass is 388 g/mol. The van der Waals surface area contributed by atoms with Gasteiger partial charge in [0, 0.05) is 5.41 Å². The van der Waals surface area contributed by atoms with Crippen molar-refractivity contribution >= 4 is 28.7 Å². The van der Waals surface area contributed by atoms with E-state index in [1.165, 1.54) is 43.9 Å². The zero-order chi connectivity index (χ0) is 19.8. The molecule has 0 spiro atoms. The highest BCUT2D eigenvalue weighted by atomic mass is 32.2. The number of rotatable bonds is 8. The third kappa shape index (κ3) is 6.00. The van der Waals surface area contributed by atoms with Crippen molar-refractivity contribution < 1.29 is 28.7 Å². The van der Waals surface area contributed by atoms with Gasteiger partial charge in [-0.05, 0) is 47.5 Å². The molecule has 2 aromatic rings. The molecule has 0 amide bonds. The van der Waals surface area contributed by atoms with E-state index in [0.29, 0.717) is 22.6 Å². The van der Waals surface area contributed by atoms with Crippen molar-refractivity contribution in [2.24, 2.45) is 0 Å². The van der Waals surface area contributed by atoms with Crippen molar-refractivity contribution in [3.63, 3.8) is 0 Å². The summed E-state index contributed by atoms with van der Waals surface area (Å²) in [5, 5.41) is 20.8. The predicted octanol–water partition coefficient (Wildman–Crippen LogP) is 3.12. The molecule has 1 atom stereocenters. The Kier molecular flexibility index (Phi) is 7.19.